The van der Waals surface area contributed by atoms with E-state index in [1.54, 1.807) is 22.7 Å². The highest BCUT2D eigenvalue weighted by atomic mass is 32.1. The number of aryl methyl sites for hydroxylation is 2. The molecule has 3 rings (SSSR count). The number of benzene rings is 1. The molecule has 6 heteroatoms. The van der Waals surface area contributed by atoms with Gasteiger partial charge in [-0.2, -0.15) is 0 Å². The molecule has 138 valence electrons. The van der Waals surface area contributed by atoms with E-state index in [2.05, 4.69) is 72.0 Å². The third kappa shape index (κ3) is 5.71. The first-order chi connectivity index (χ1) is 12.5. The molecule has 0 amide bonds. The van der Waals surface area contributed by atoms with E-state index in [4.69, 9.17) is 0 Å². The molecule has 0 N–H and O–H groups in total. The zero-order valence-electron chi connectivity index (χ0n) is 15.9. The number of hydrogen-bond donors (Lipinski definition) is 0. The Morgan fingerprint density at radius 3 is 1.38 bits per heavy atom. The zero-order valence-corrected chi connectivity index (χ0v) is 17.5. The standard InChI is InChI=1S/C20H26N4S2/c1-15-21-9-19(25-15)13-23(3)11-17-5-7-18(8-6-17)12-24(4)14-20-10-22-16(2)26-20/h5-10H,11-14H2,1-4H3. The molecule has 2 aromatic heterocycles. The molecule has 0 saturated carbocycles. The monoisotopic (exact) mass is 386 g/mol. The molecule has 1 aromatic carbocycles. The highest BCUT2D eigenvalue weighted by Crippen LogP contribution is 2.17. The number of nitrogens with zero attached hydrogens (tertiary/aromatic N) is 4. The van der Waals surface area contributed by atoms with Crippen LogP contribution in [-0.4, -0.2) is 33.9 Å². The third-order valence-electron chi connectivity index (χ3n) is 4.12. The van der Waals surface area contributed by atoms with Crippen molar-refractivity contribution in [3.05, 3.63) is 67.6 Å². The molecule has 0 atom stereocenters. The number of rotatable bonds is 8. The van der Waals surface area contributed by atoms with Crippen molar-refractivity contribution in [1.82, 2.24) is 19.8 Å². The molecule has 0 spiro atoms. The van der Waals surface area contributed by atoms with Gasteiger partial charge in [-0.1, -0.05) is 24.3 Å². The Bertz CT molecular complexity index is 753. The van der Waals surface area contributed by atoms with Crippen molar-refractivity contribution in [2.75, 3.05) is 14.1 Å². The normalized spacial score (nSPS) is 11.6. The predicted octanol–water partition coefficient (Wildman–Crippen LogP) is 4.48. The molecule has 0 aliphatic rings. The Balaban J connectivity index is 1.49. The minimum absolute atomic E-state index is 0.949. The van der Waals surface area contributed by atoms with Gasteiger partial charge in [-0.15, -0.1) is 22.7 Å². The van der Waals surface area contributed by atoms with Crippen LogP contribution in [0.1, 0.15) is 30.9 Å². The van der Waals surface area contributed by atoms with E-state index in [0.717, 1.165) is 36.2 Å². The van der Waals surface area contributed by atoms with Gasteiger partial charge in [-0.25, -0.2) is 9.97 Å². The first-order valence-corrected chi connectivity index (χ1v) is 10.4. The van der Waals surface area contributed by atoms with Gasteiger partial charge in [0.25, 0.3) is 0 Å². The maximum Gasteiger partial charge on any atom is 0.0897 e. The van der Waals surface area contributed by atoms with Crippen LogP contribution in [0.15, 0.2) is 36.7 Å². The summed E-state index contributed by atoms with van der Waals surface area (Å²) in [7, 11) is 4.32. The first kappa shape index (κ1) is 19.2. The summed E-state index contributed by atoms with van der Waals surface area (Å²) in [4.78, 5) is 16.0. The van der Waals surface area contributed by atoms with Gasteiger partial charge in [-0.3, -0.25) is 9.80 Å². The van der Waals surface area contributed by atoms with Gasteiger partial charge >= 0.3 is 0 Å². The number of hydrogen-bond acceptors (Lipinski definition) is 6. The van der Waals surface area contributed by atoms with Gasteiger partial charge in [0.2, 0.25) is 0 Å². The van der Waals surface area contributed by atoms with E-state index in [-0.39, 0.29) is 0 Å². The molecule has 2 heterocycles. The van der Waals surface area contributed by atoms with E-state index in [0.29, 0.717) is 0 Å². The lowest BCUT2D eigenvalue weighted by atomic mass is 10.1. The average Bonchev–Trinajstić information content (AvgIpc) is 3.17. The van der Waals surface area contributed by atoms with E-state index >= 15 is 0 Å². The van der Waals surface area contributed by atoms with Crippen molar-refractivity contribution in [1.29, 1.82) is 0 Å². The predicted molar refractivity (Wildman–Crippen MR) is 110 cm³/mol. The average molecular weight is 387 g/mol. The molecule has 0 fully saturated rings. The molecular weight excluding hydrogens is 360 g/mol. The zero-order chi connectivity index (χ0) is 18.5. The van der Waals surface area contributed by atoms with Crippen LogP contribution in [0, 0.1) is 13.8 Å². The summed E-state index contributed by atoms with van der Waals surface area (Å²) >= 11 is 3.55. The second-order valence-corrected chi connectivity index (χ2v) is 9.49. The molecule has 0 bridgehead atoms. The Hall–Kier alpha value is -1.60. The van der Waals surface area contributed by atoms with E-state index < -0.39 is 0 Å². The Morgan fingerprint density at radius 2 is 1.08 bits per heavy atom. The fourth-order valence-electron chi connectivity index (χ4n) is 2.97. The van der Waals surface area contributed by atoms with E-state index in [1.165, 1.54) is 20.9 Å². The maximum absolute atomic E-state index is 4.33. The van der Waals surface area contributed by atoms with Crippen LogP contribution in [0.2, 0.25) is 0 Å². The van der Waals surface area contributed by atoms with Crippen LogP contribution in [0.5, 0.6) is 0 Å². The third-order valence-corrected chi connectivity index (χ3v) is 5.91. The molecular formula is C20H26N4S2. The maximum atomic E-state index is 4.33. The first-order valence-electron chi connectivity index (χ1n) is 8.75. The summed E-state index contributed by atoms with van der Waals surface area (Å²) in [6.07, 6.45) is 3.97. The molecule has 4 nitrogen and oxygen atoms in total. The van der Waals surface area contributed by atoms with Crippen LogP contribution >= 0.6 is 22.7 Å². The van der Waals surface area contributed by atoms with Gasteiger partial charge in [-0.05, 0) is 39.1 Å². The van der Waals surface area contributed by atoms with Gasteiger partial charge in [0.1, 0.15) is 0 Å². The SMILES string of the molecule is Cc1ncc(CN(C)Cc2ccc(CN(C)Cc3cnc(C)s3)cc2)s1. The van der Waals surface area contributed by atoms with Crippen LogP contribution in [0.3, 0.4) is 0 Å². The molecule has 0 aliphatic heterocycles. The molecule has 0 radical (unpaired) electrons. The summed E-state index contributed by atoms with van der Waals surface area (Å²) < 4.78 is 0. The van der Waals surface area contributed by atoms with Crippen molar-refractivity contribution in [2.24, 2.45) is 0 Å². The highest BCUT2D eigenvalue weighted by Gasteiger charge is 2.07. The van der Waals surface area contributed by atoms with Crippen LogP contribution in [0.4, 0.5) is 0 Å². The van der Waals surface area contributed by atoms with Gasteiger partial charge in [0.15, 0.2) is 0 Å². The van der Waals surface area contributed by atoms with E-state index in [9.17, 15) is 0 Å². The fourth-order valence-corrected chi connectivity index (χ4v) is 4.72. The quantitative estimate of drug-likeness (QED) is 0.571. The smallest absolute Gasteiger partial charge is 0.0897 e. The molecule has 26 heavy (non-hydrogen) atoms. The lowest BCUT2D eigenvalue weighted by Gasteiger charge is -2.17. The van der Waals surface area contributed by atoms with Crippen molar-refractivity contribution in [3.63, 3.8) is 0 Å². The van der Waals surface area contributed by atoms with Crippen LogP contribution in [0.25, 0.3) is 0 Å². The van der Waals surface area contributed by atoms with Crippen molar-refractivity contribution >= 4 is 22.7 Å². The van der Waals surface area contributed by atoms with Crippen molar-refractivity contribution in [3.8, 4) is 0 Å². The van der Waals surface area contributed by atoms with Gasteiger partial charge in [0, 0.05) is 48.3 Å². The van der Waals surface area contributed by atoms with Crippen molar-refractivity contribution < 1.29 is 0 Å². The molecule has 0 saturated heterocycles. The van der Waals surface area contributed by atoms with E-state index in [1.807, 2.05) is 12.4 Å². The minimum Gasteiger partial charge on any atom is -0.297 e. The minimum atomic E-state index is 0.949. The topological polar surface area (TPSA) is 32.3 Å². The number of aromatic nitrogens is 2. The second kappa shape index (κ2) is 8.86. The second-order valence-electron chi connectivity index (χ2n) is 6.85. The molecule has 3 aromatic rings. The Kier molecular flexibility index (Phi) is 6.53. The Morgan fingerprint density at radius 1 is 0.692 bits per heavy atom. The van der Waals surface area contributed by atoms with Crippen LogP contribution < -0.4 is 0 Å². The summed E-state index contributed by atoms with van der Waals surface area (Å²) in [6.45, 7) is 7.91. The van der Waals surface area contributed by atoms with Crippen LogP contribution in [-0.2, 0) is 26.2 Å². The Labute approximate surface area is 164 Å². The number of thiazole rings is 2. The highest BCUT2D eigenvalue weighted by molar-refractivity contribution is 7.11. The van der Waals surface area contributed by atoms with Gasteiger partial charge in [0.05, 0.1) is 10.0 Å². The molecule has 0 unspecified atom stereocenters. The lowest BCUT2D eigenvalue weighted by Crippen LogP contribution is -2.17. The summed E-state index contributed by atoms with van der Waals surface area (Å²) in [5.74, 6) is 0. The fraction of sp³-hybridized carbons (Fsp3) is 0.400. The summed E-state index contributed by atoms with van der Waals surface area (Å²) in [6, 6.07) is 8.98. The van der Waals surface area contributed by atoms with Crippen molar-refractivity contribution in [2.45, 2.75) is 40.0 Å². The van der Waals surface area contributed by atoms with Gasteiger partial charge < -0.3 is 0 Å². The summed E-state index contributed by atoms with van der Waals surface area (Å²) in [5, 5.41) is 2.27. The largest absolute Gasteiger partial charge is 0.297 e. The lowest BCUT2D eigenvalue weighted by molar-refractivity contribution is 0.319. The summed E-state index contributed by atoms with van der Waals surface area (Å²) in [5.41, 5.74) is 2.69. The molecule has 0 aliphatic carbocycles.